The lowest BCUT2D eigenvalue weighted by atomic mass is 10.1. The smallest absolute Gasteiger partial charge is 0.245 e. The van der Waals surface area contributed by atoms with E-state index in [2.05, 4.69) is 10.3 Å². The first-order valence-electron chi connectivity index (χ1n) is 5.13. The molecule has 0 aliphatic rings. The van der Waals surface area contributed by atoms with Gasteiger partial charge in [-0.15, -0.1) is 12.4 Å². The Morgan fingerprint density at radius 3 is 2.53 bits per heavy atom. The van der Waals surface area contributed by atoms with Crippen molar-refractivity contribution in [2.24, 2.45) is 5.73 Å². The summed E-state index contributed by atoms with van der Waals surface area (Å²) in [5.74, 6) is -2.32. The molecule has 8 heteroatoms. The number of rotatable bonds is 2. The Hall–Kier alpha value is -1.31. The number of aromatic nitrogens is 1. The van der Waals surface area contributed by atoms with E-state index in [0.29, 0.717) is 10.2 Å². The van der Waals surface area contributed by atoms with Crippen molar-refractivity contribution in [3.8, 4) is 0 Å². The highest BCUT2D eigenvalue weighted by molar-refractivity contribution is 7.22. The molecule has 3 N–H and O–H groups in total. The van der Waals surface area contributed by atoms with Crippen LogP contribution < -0.4 is 11.1 Å². The van der Waals surface area contributed by atoms with E-state index in [0.717, 1.165) is 23.5 Å². The van der Waals surface area contributed by atoms with Crippen molar-refractivity contribution in [3.05, 3.63) is 23.8 Å². The monoisotopic (exact) mass is 307 g/mol. The summed E-state index contributed by atoms with van der Waals surface area (Å²) in [6, 6.07) is 2.04. The first-order valence-corrected chi connectivity index (χ1v) is 5.95. The van der Waals surface area contributed by atoms with Crippen molar-refractivity contribution in [1.82, 2.24) is 4.98 Å². The fourth-order valence-electron chi connectivity index (χ4n) is 1.24. The number of fused-ring (bicyclic) bond motifs is 1. The molecule has 0 unspecified atom stereocenters. The van der Waals surface area contributed by atoms with E-state index >= 15 is 0 Å². The van der Waals surface area contributed by atoms with Crippen LogP contribution in [-0.4, -0.2) is 16.4 Å². The van der Waals surface area contributed by atoms with E-state index < -0.39 is 23.1 Å². The number of hydrogen-bond donors (Lipinski definition) is 2. The molecule has 0 bridgehead atoms. The van der Waals surface area contributed by atoms with Gasteiger partial charge in [0.2, 0.25) is 5.91 Å². The van der Waals surface area contributed by atoms with E-state index in [1.165, 1.54) is 0 Å². The number of amides is 1. The highest BCUT2D eigenvalue weighted by Crippen LogP contribution is 2.28. The van der Waals surface area contributed by atoms with E-state index in [1.807, 2.05) is 0 Å². The lowest BCUT2D eigenvalue weighted by Gasteiger charge is -2.15. The van der Waals surface area contributed by atoms with Gasteiger partial charge in [-0.1, -0.05) is 11.3 Å². The molecule has 19 heavy (non-hydrogen) atoms. The molecule has 104 valence electrons. The Morgan fingerprint density at radius 2 is 1.95 bits per heavy atom. The molecule has 0 saturated heterocycles. The summed E-state index contributed by atoms with van der Waals surface area (Å²) < 4.78 is 26.5. The van der Waals surface area contributed by atoms with Crippen LogP contribution in [0.3, 0.4) is 0 Å². The third-order valence-electron chi connectivity index (χ3n) is 2.24. The van der Waals surface area contributed by atoms with Crippen LogP contribution in [0.5, 0.6) is 0 Å². The predicted octanol–water partition coefficient (Wildman–Crippen LogP) is 2.67. The number of nitrogens with two attached hydrogens (primary N) is 1. The van der Waals surface area contributed by atoms with Crippen LogP contribution in [0.25, 0.3) is 10.2 Å². The number of thiazole rings is 1. The fourth-order valence-corrected chi connectivity index (χ4v) is 2.10. The number of anilines is 1. The van der Waals surface area contributed by atoms with Crippen LogP contribution >= 0.6 is 23.7 Å². The highest BCUT2D eigenvalue weighted by Gasteiger charge is 2.23. The number of carbonyl (C=O) groups excluding carboxylic acids is 1. The number of nitrogens with zero attached hydrogens (tertiary/aromatic N) is 1. The summed E-state index contributed by atoms with van der Waals surface area (Å²) in [7, 11) is 0. The molecule has 0 radical (unpaired) electrons. The van der Waals surface area contributed by atoms with Crippen LogP contribution in [0.4, 0.5) is 13.9 Å². The van der Waals surface area contributed by atoms with E-state index in [4.69, 9.17) is 5.73 Å². The van der Waals surface area contributed by atoms with Crippen molar-refractivity contribution < 1.29 is 13.6 Å². The average molecular weight is 308 g/mol. The number of carbonyl (C=O) groups is 1. The van der Waals surface area contributed by atoms with Gasteiger partial charge in [0, 0.05) is 6.07 Å². The molecule has 0 aliphatic carbocycles. The highest BCUT2D eigenvalue weighted by atomic mass is 35.5. The molecule has 0 spiro atoms. The molecule has 0 saturated carbocycles. The largest absolute Gasteiger partial charge is 0.318 e. The van der Waals surface area contributed by atoms with E-state index in [1.54, 1.807) is 13.8 Å². The number of halogens is 3. The minimum Gasteiger partial charge on any atom is -0.318 e. The second-order valence-electron chi connectivity index (χ2n) is 4.43. The van der Waals surface area contributed by atoms with Gasteiger partial charge in [0.15, 0.2) is 16.8 Å². The summed E-state index contributed by atoms with van der Waals surface area (Å²) in [5.41, 5.74) is 4.86. The lowest BCUT2D eigenvalue weighted by Crippen LogP contribution is -2.45. The van der Waals surface area contributed by atoms with Crippen molar-refractivity contribution >= 4 is 45.0 Å². The molecular weight excluding hydrogens is 296 g/mol. The molecule has 1 aromatic heterocycles. The van der Waals surface area contributed by atoms with Gasteiger partial charge in [0.05, 0.1) is 15.8 Å². The van der Waals surface area contributed by atoms with E-state index in [9.17, 15) is 13.6 Å². The fraction of sp³-hybridized carbons (Fsp3) is 0.273. The number of nitrogens with one attached hydrogen (secondary N) is 1. The van der Waals surface area contributed by atoms with Crippen LogP contribution in [0.2, 0.25) is 0 Å². The number of benzene rings is 1. The predicted molar refractivity (Wildman–Crippen MR) is 73.7 cm³/mol. The maximum atomic E-state index is 13.0. The molecule has 2 rings (SSSR count). The van der Waals surface area contributed by atoms with Crippen molar-refractivity contribution in [2.75, 3.05) is 5.32 Å². The Kier molecular flexibility index (Phi) is 4.44. The van der Waals surface area contributed by atoms with Crippen LogP contribution in [0.1, 0.15) is 13.8 Å². The minimum absolute atomic E-state index is 0. The SMILES string of the molecule is CC(C)(N)C(=O)Nc1nc2cc(F)c(F)cc2s1.Cl. The van der Waals surface area contributed by atoms with Crippen LogP contribution in [0.15, 0.2) is 12.1 Å². The van der Waals surface area contributed by atoms with Gasteiger partial charge in [-0.2, -0.15) is 0 Å². The summed E-state index contributed by atoms with van der Waals surface area (Å²) >= 11 is 1.06. The van der Waals surface area contributed by atoms with Gasteiger partial charge < -0.3 is 11.1 Å². The van der Waals surface area contributed by atoms with Gasteiger partial charge in [0.1, 0.15) is 0 Å². The summed E-state index contributed by atoms with van der Waals surface area (Å²) in [6.45, 7) is 3.10. The maximum Gasteiger partial charge on any atom is 0.245 e. The molecule has 1 heterocycles. The number of hydrogen-bond acceptors (Lipinski definition) is 4. The average Bonchev–Trinajstić information content (AvgIpc) is 2.59. The Morgan fingerprint density at radius 1 is 1.37 bits per heavy atom. The van der Waals surface area contributed by atoms with Crippen LogP contribution in [0, 0.1) is 11.6 Å². The lowest BCUT2D eigenvalue weighted by molar-refractivity contribution is -0.120. The standard InChI is InChI=1S/C11H11F2N3OS.ClH/c1-11(2,14)9(17)16-10-15-7-3-5(12)6(13)4-8(7)18-10;/h3-4H,14H2,1-2H3,(H,15,16,17);1H. The van der Waals surface area contributed by atoms with Crippen molar-refractivity contribution in [2.45, 2.75) is 19.4 Å². The third kappa shape index (κ3) is 3.37. The zero-order valence-electron chi connectivity index (χ0n) is 10.2. The molecule has 0 atom stereocenters. The van der Waals surface area contributed by atoms with Crippen LogP contribution in [-0.2, 0) is 4.79 Å². The van der Waals surface area contributed by atoms with Gasteiger partial charge in [-0.25, -0.2) is 13.8 Å². The summed E-state index contributed by atoms with van der Waals surface area (Å²) in [6.07, 6.45) is 0. The van der Waals surface area contributed by atoms with Gasteiger partial charge in [0.25, 0.3) is 0 Å². The van der Waals surface area contributed by atoms with Crippen molar-refractivity contribution in [1.29, 1.82) is 0 Å². The molecule has 1 amide bonds. The Balaban J connectivity index is 0.00000180. The Labute approximate surface area is 118 Å². The molecule has 4 nitrogen and oxygen atoms in total. The quantitative estimate of drug-likeness (QED) is 0.896. The summed E-state index contributed by atoms with van der Waals surface area (Å²) in [5, 5.41) is 2.77. The zero-order chi connectivity index (χ0) is 13.5. The topological polar surface area (TPSA) is 68.0 Å². The van der Waals surface area contributed by atoms with Gasteiger partial charge in [-0.3, -0.25) is 4.79 Å². The molecular formula is C11H12ClF2N3OS. The van der Waals surface area contributed by atoms with Crippen molar-refractivity contribution in [3.63, 3.8) is 0 Å². The Bertz CT molecular complexity index is 585. The van der Waals surface area contributed by atoms with Gasteiger partial charge in [-0.05, 0) is 19.9 Å². The minimum atomic E-state index is -1.05. The first kappa shape index (κ1) is 15.7. The zero-order valence-corrected chi connectivity index (χ0v) is 11.8. The maximum absolute atomic E-state index is 13.0. The van der Waals surface area contributed by atoms with E-state index in [-0.39, 0.29) is 17.5 Å². The first-order chi connectivity index (χ1) is 8.27. The third-order valence-corrected chi connectivity index (χ3v) is 3.17. The molecule has 0 aliphatic heterocycles. The normalized spacial score (nSPS) is 11.2. The molecule has 1 aromatic carbocycles. The summed E-state index contributed by atoms with van der Waals surface area (Å²) in [4.78, 5) is 15.6. The molecule has 2 aromatic rings. The molecule has 0 fully saturated rings. The van der Waals surface area contributed by atoms with Gasteiger partial charge >= 0.3 is 0 Å². The second-order valence-corrected chi connectivity index (χ2v) is 5.46. The second kappa shape index (κ2) is 5.36.